The third kappa shape index (κ3) is 2.32. The zero-order chi connectivity index (χ0) is 9.03. The Kier molecular flexibility index (Phi) is 3.29. The summed E-state index contributed by atoms with van der Waals surface area (Å²) in [7, 11) is 0. The number of nitrogens with two attached hydrogens (primary N) is 1. The van der Waals surface area contributed by atoms with Crippen LogP contribution in [0.15, 0.2) is 0 Å². The molecule has 70 valence electrons. The van der Waals surface area contributed by atoms with Gasteiger partial charge in [0.25, 0.3) is 0 Å². The van der Waals surface area contributed by atoms with Gasteiger partial charge >= 0.3 is 0 Å². The van der Waals surface area contributed by atoms with Crippen LogP contribution in [-0.2, 0) is 0 Å². The summed E-state index contributed by atoms with van der Waals surface area (Å²) in [6.07, 6.45) is 3.91. The van der Waals surface area contributed by atoms with E-state index in [2.05, 4.69) is 12.3 Å². The van der Waals surface area contributed by atoms with Crippen LogP contribution >= 0.6 is 12.2 Å². The van der Waals surface area contributed by atoms with Crippen molar-refractivity contribution in [2.75, 3.05) is 19.6 Å². The van der Waals surface area contributed by atoms with Crippen LogP contribution in [0.25, 0.3) is 0 Å². The van der Waals surface area contributed by atoms with E-state index >= 15 is 0 Å². The van der Waals surface area contributed by atoms with Crippen molar-refractivity contribution in [2.45, 2.75) is 26.2 Å². The minimum Gasteiger partial charge on any atom is -0.372 e. The van der Waals surface area contributed by atoms with Crippen LogP contribution in [0, 0.1) is 0 Å². The minimum atomic E-state index is 0.429. The summed E-state index contributed by atoms with van der Waals surface area (Å²) in [5, 5.41) is 0.429. The van der Waals surface area contributed by atoms with E-state index in [0.29, 0.717) is 5.11 Å². The fourth-order valence-electron chi connectivity index (χ4n) is 1.86. The van der Waals surface area contributed by atoms with Gasteiger partial charge in [0.05, 0.1) is 6.54 Å². The molecule has 12 heavy (non-hydrogen) atoms. The highest BCUT2D eigenvalue weighted by Gasteiger charge is 2.28. The van der Waals surface area contributed by atoms with Crippen LogP contribution in [-0.4, -0.2) is 29.3 Å². The van der Waals surface area contributed by atoms with Crippen molar-refractivity contribution in [3.63, 3.8) is 0 Å². The van der Waals surface area contributed by atoms with Crippen LogP contribution in [0.5, 0.6) is 0 Å². The molecular weight excluding hydrogens is 170 g/mol. The summed E-state index contributed by atoms with van der Waals surface area (Å²) in [6, 6.07) is 0. The lowest BCUT2D eigenvalue weighted by Gasteiger charge is -2.39. The molecule has 0 amide bonds. The Morgan fingerprint density at radius 3 is 2.42 bits per heavy atom. The Hall–Kier alpha value is -0.350. The Labute approximate surface area is 79.5 Å². The van der Waals surface area contributed by atoms with E-state index in [1.807, 2.05) is 0 Å². The number of nitrogens with one attached hydrogen (secondary N) is 1. The Morgan fingerprint density at radius 2 is 2.00 bits per heavy atom. The Balaban J connectivity index is 2.53. The van der Waals surface area contributed by atoms with Gasteiger partial charge in [0.15, 0.2) is 0 Å². The average Bonchev–Trinajstić information content (AvgIpc) is 2.05. The van der Waals surface area contributed by atoms with Crippen LogP contribution in [0.1, 0.15) is 26.2 Å². The van der Waals surface area contributed by atoms with Crippen molar-refractivity contribution >= 4 is 17.3 Å². The van der Waals surface area contributed by atoms with Crippen molar-refractivity contribution in [3.8, 4) is 0 Å². The molecule has 0 atom stereocenters. The van der Waals surface area contributed by atoms with E-state index in [0.717, 1.165) is 24.2 Å². The van der Waals surface area contributed by atoms with E-state index < -0.39 is 0 Å². The predicted molar refractivity (Wildman–Crippen MR) is 54.3 cm³/mol. The average molecular weight is 188 g/mol. The fraction of sp³-hybridized carbons (Fsp3) is 0.875. The molecule has 1 saturated heterocycles. The largest absolute Gasteiger partial charge is 0.372 e. The molecule has 3 N–H and O–H groups in total. The molecule has 0 aromatic heterocycles. The van der Waals surface area contributed by atoms with E-state index in [-0.39, 0.29) is 0 Å². The topological polar surface area (TPSA) is 38.0 Å². The van der Waals surface area contributed by atoms with Crippen molar-refractivity contribution in [2.24, 2.45) is 5.73 Å². The number of piperidine rings is 1. The SMILES string of the molecule is CC[N+]1(NC(N)=S)CCCCC1. The maximum atomic E-state index is 5.49. The molecule has 0 saturated carbocycles. The molecule has 1 aliphatic rings. The normalized spacial score (nSPS) is 21.8. The molecule has 0 unspecified atom stereocenters. The summed E-state index contributed by atoms with van der Waals surface area (Å²) in [4.78, 5) is 0. The van der Waals surface area contributed by atoms with Gasteiger partial charge in [-0.2, -0.15) is 0 Å². The fourth-order valence-corrected chi connectivity index (χ4v) is 2.05. The molecule has 0 spiro atoms. The third-order valence-electron chi connectivity index (χ3n) is 2.62. The highest BCUT2D eigenvalue weighted by molar-refractivity contribution is 7.80. The maximum Gasteiger partial charge on any atom is 0.210 e. The van der Waals surface area contributed by atoms with Crippen molar-refractivity contribution in [1.29, 1.82) is 0 Å². The van der Waals surface area contributed by atoms with Crippen molar-refractivity contribution in [3.05, 3.63) is 0 Å². The van der Waals surface area contributed by atoms with Gasteiger partial charge in [-0.05, 0) is 38.4 Å². The number of rotatable bonds is 2. The van der Waals surface area contributed by atoms with Gasteiger partial charge in [0.2, 0.25) is 5.11 Å². The monoisotopic (exact) mass is 188 g/mol. The molecule has 3 nitrogen and oxygen atoms in total. The number of likely N-dealkylation sites (tertiary alicyclic amines) is 1. The highest BCUT2D eigenvalue weighted by atomic mass is 32.1. The van der Waals surface area contributed by atoms with Crippen LogP contribution in [0.4, 0.5) is 0 Å². The van der Waals surface area contributed by atoms with Gasteiger partial charge in [-0.15, -0.1) is 0 Å². The quantitative estimate of drug-likeness (QED) is 0.496. The van der Waals surface area contributed by atoms with E-state index in [1.54, 1.807) is 0 Å². The number of quaternary nitrogens is 1. The molecule has 1 fully saturated rings. The first kappa shape index (κ1) is 9.74. The van der Waals surface area contributed by atoms with E-state index in [4.69, 9.17) is 18.0 Å². The molecule has 4 heteroatoms. The molecule has 1 aliphatic heterocycles. The molecule has 0 aromatic carbocycles. The summed E-state index contributed by atoms with van der Waals surface area (Å²) in [5.74, 6) is 0. The second-order valence-corrected chi connectivity index (χ2v) is 3.89. The molecule has 1 heterocycles. The highest BCUT2D eigenvalue weighted by Crippen LogP contribution is 2.15. The van der Waals surface area contributed by atoms with Crippen LogP contribution in [0.2, 0.25) is 0 Å². The smallest absolute Gasteiger partial charge is 0.210 e. The Bertz CT molecular complexity index is 164. The van der Waals surface area contributed by atoms with Crippen molar-refractivity contribution in [1.82, 2.24) is 5.43 Å². The molecule has 0 aromatic rings. The third-order valence-corrected chi connectivity index (χ3v) is 2.72. The molecule has 0 aliphatic carbocycles. The standard InChI is InChI=1S/C8H17N3S/c1-2-11(10-8(9)12)6-4-3-5-7-11/h2-7H2,1H3,(H2-,9,10,12)/p+1. The number of hydrogen-bond acceptors (Lipinski definition) is 1. The zero-order valence-corrected chi connectivity index (χ0v) is 8.49. The van der Waals surface area contributed by atoms with Gasteiger partial charge in [0.1, 0.15) is 13.1 Å². The minimum absolute atomic E-state index is 0.429. The zero-order valence-electron chi connectivity index (χ0n) is 7.68. The first-order chi connectivity index (χ1) is 5.68. The predicted octanol–water partition coefficient (Wildman–Crippen LogP) is 0.755. The summed E-state index contributed by atoms with van der Waals surface area (Å²) >= 11 is 4.87. The molecule has 0 radical (unpaired) electrons. The van der Waals surface area contributed by atoms with Gasteiger partial charge in [-0.3, -0.25) is 0 Å². The van der Waals surface area contributed by atoms with E-state index in [9.17, 15) is 0 Å². The number of hydrogen-bond donors (Lipinski definition) is 2. The molecular formula is C8H18N3S+. The number of thiocarbonyl (C=S) groups is 1. The Morgan fingerprint density at radius 1 is 1.42 bits per heavy atom. The van der Waals surface area contributed by atoms with Gasteiger partial charge < -0.3 is 5.73 Å². The lowest BCUT2D eigenvalue weighted by Crippen LogP contribution is -2.63. The molecule has 1 rings (SSSR count). The first-order valence-corrected chi connectivity index (χ1v) is 5.03. The lowest BCUT2D eigenvalue weighted by molar-refractivity contribution is -0.962. The van der Waals surface area contributed by atoms with Gasteiger partial charge in [0, 0.05) is 0 Å². The second kappa shape index (κ2) is 4.05. The summed E-state index contributed by atoms with van der Waals surface area (Å²) < 4.78 is 0.884. The van der Waals surface area contributed by atoms with Crippen molar-refractivity contribution < 1.29 is 4.59 Å². The maximum absolute atomic E-state index is 5.49. The van der Waals surface area contributed by atoms with Crippen LogP contribution < -0.4 is 11.2 Å². The first-order valence-electron chi connectivity index (χ1n) is 4.62. The molecule has 0 bridgehead atoms. The number of nitrogens with zero attached hydrogens (tertiary/aromatic N) is 1. The van der Waals surface area contributed by atoms with Gasteiger partial charge in [-0.25, -0.2) is 10.0 Å². The van der Waals surface area contributed by atoms with Crippen LogP contribution in [0.3, 0.4) is 0 Å². The summed E-state index contributed by atoms with van der Waals surface area (Å²) in [5.41, 5.74) is 8.68. The summed E-state index contributed by atoms with van der Waals surface area (Å²) in [6.45, 7) is 5.57. The second-order valence-electron chi connectivity index (χ2n) is 3.45. The lowest BCUT2D eigenvalue weighted by atomic mass is 10.1. The van der Waals surface area contributed by atoms with Gasteiger partial charge in [-0.1, -0.05) is 0 Å². The van der Waals surface area contributed by atoms with E-state index in [1.165, 1.54) is 19.3 Å².